The van der Waals surface area contributed by atoms with E-state index in [0.717, 1.165) is 17.7 Å². The predicted molar refractivity (Wildman–Crippen MR) is 75.2 cm³/mol. The van der Waals surface area contributed by atoms with Crippen molar-refractivity contribution in [3.8, 4) is 5.75 Å². The first-order valence-corrected chi connectivity index (χ1v) is 6.62. The zero-order valence-corrected chi connectivity index (χ0v) is 11.8. The van der Waals surface area contributed by atoms with Gasteiger partial charge >= 0.3 is 0 Å². The van der Waals surface area contributed by atoms with E-state index in [2.05, 4.69) is 5.32 Å². The van der Waals surface area contributed by atoms with E-state index in [9.17, 15) is 4.79 Å². The number of aliphatic hydroxyl groups is 1. The molecule has 4 heteroatoms. The smallest absolute Gasteiger partial charge is 0.220 e. The monoisotopic (exact) mass is 265 g/mol. The van der Waals surface area contributed by atoms with Gasteiger partial charge in [0.25, 0.3) is 0 Å². The number of hydrogen-bond acceptors (Lipinski definition) is 3. The molecule has 0 aliphatic carbocycles. The van der Waals surface area contributed by atoms with E-state index in [0.29, 0.717) is 12.8 Å². The van der Waals surface area contributed by atoms with E-state index in [1.807, 2.05) is 31.2 Å². The maximum atomic E-state index is 11.6. The van der Waals surface area contributed by atoms with Gasteiger partial charge in [0.05, 0.1) is 13.2 Å². The molecule has 2 N–H and O–H groups in total. The molecular formula is C15H23NO3. The van der Waals surface area contributed by atoms with E-state index in [4.69, 9.17) is 9.84 Å². The lowest BCUT2D eigenvalue weighted by Gasteiger charge is -2.16. The lowest BCUT2D eigenvalue weighted by molar-refractivity contribution is -0.122. The summed E-state index contributed by atoms with van der Waals surface area (Å²) in [6.07, 6.45) is 1.14. The normalized spacial score (nSPS) is 13.7. The number of carbonyl (C=O) groups excluding carboxylic acids is 1. The molecule has 0 radical (unpaired) electrons. The van der Waals surface area contributed by atoms with Crippen LogP contribution in [-0.4, -0.2) is 30.3 Å². The van der Waals surface area contributed by atoms with E-state index >= 15 is 0 Å². The highest BCUT2D eigenvalue weighted by atomic mass is 16.5. The molecule has 2 atom stereocenters. The van der Waals surface area contributed by atoms with Crippen LogP contribution in [0.5, 0.6) is 5.75 Å². The second-order valence-electron chi connectivity index (χ2n) is 4.87. The van der Waals surface area contributed by atoms with Gasteiger partial charge in [-0.15, -0.1) is 0 Å². The maximum absolute atomic E-state index is 11.6. The first kappa shape index (κ1) is 15.5. The Bertz CT molecular complexity index is 404. The first-order valence-electron chi connectivity index (χ1n) is 6.62. The van der Waals surface area contributed by atoms with Crippen molar-refractivity contribution in [2.75, 3.05) is 7.11 Å². The molecule has 1 rings (SSSR count). The third-order valence-corrected chi connectivity index (χ3v) is 2.92. The van der Waals surface area contributed by atoms with E-state index in [1.165, 1.54) is 0 Å². The minimum Gasteiger partial charge on any atom is -0.496 e. The molecule has 19 heavy (non-hydrogen) atoms. The van der Waals surface area contributed by atoms with Crippen LogP contribution in [0.3, 0.4) is 0 Å². The minimum atomic E-state index is -0.435. The van der Waals surface area contributed by atoms with Crippen LogP contribution in [0.25, 0.3) is 0 Å². The molecule has 1 aromatic rings. The third kappa shape index (κ3) is 5.75. The molecule has 0 saturated carbocycles. The average molecular weight is 265 g/mol. The Morgan fingerprint density at radius 3 is 2.68 bits per heavy atom. The number of hydrogen-bond donors (Lipinski definition) is 2. The van der Waals surface area contributed by atoms with Crippen molar-refractivity contribution in [3.63, 3.8) is 0 Å². The van der Waals surface area contributed by atoms with Gasteiger partial charge in [0.2, 0.25) is 5.91 Å². The quantitative estimate of drug-likeness (QED) is 0.791. The number of nitrogens with one attached hydrogen (secondary N) is 1. The minimum absolute atomic E-state index is 0.0247. The van der Waals surface area contributed by atoms with Crippen molar-refractivity contribution in [1.82, 2.24) is 5.32 Å². The van der Waals surface area contributed by atoms with Gasteiger partial charge in [-0.25, -0.2) is 0 Å². The molecule has 2 unspecified atom stereocenters. The lowest BCUT2D eigenvalue weighted by atomic mass is 10.1. The number of rotatable bonds is 7. The lowest BCUT2D eigenvalue weighted by Crippen LogP contribution is -2.34. The zero-order chi connectivity index (χ0) is 14.3. The second-order valence-corrected chi connectivity index (χ2v) is 4.87. The van der Waals surface area contributed by atoms with Crippen LogP contribution in [0.15, 0.2) is 24.3 Å². The predicted octanol–water partition coefficient (Wildman–Crippen LogP) is 1.90. The van der Waals surface area contributed by atoms with Crippen LogP contribution in [0.4, 0.5) is 0 Å². The first-order chi connectivity index (χ1) is 9.02. The maximum Gasteiger partial charge on any atom is 0.220 e. The van der Waals surface area contributed by atoms with Crippen molar-refractivity contribution >= 4 is 5.91 Å². The van der Waals surface area contributed by atoms with Gasteiger partial charge in [0.1, 0.15) is 5.75 Å². The summed E-state index contributed by atoms with van der Waals surface area (Å²) in [5, 5.41) is 12.1. The summed E-state index contributed by atoms with van der Waals surface area (Å²) in [5.41, 5.74) is 1.08. The molecule has 0 spiro atoms. The molecule has 4 nitrogen and oxygen atoms in total. The highest BCUT2D eigenvalue weighted by molar-refractivity contribution is 5.76. The van der Waals surface area contributed by atoms with Gasteiger partial charge in [0, 0.05) is 12.5 Å². The molecule has 0 saturated heterocycles. The fourth-order valence-electron chi connectivity index (χ4n) is 1.94. The highest BCUT2D eigenvalue weighted by Crippen LogP contribution is 2.18. The molecule has 0 aliphatic rings. The molecular weight excluding hydrogens is 242 g/mol. The molecule has 1 amide bonds. The Morgan fingerprint density at radius 1 is 1.37 bits per heavy atom. The molecule has 0 heterocycles. The summed E-state index contributed by atoms with van der Waals surface area (Å²) in [7, 11) is 1.64. The number of benzene rings is 1. The topological polar surface area (TPSA) is 58.6 Å². The van der Waals surface area contributed by atoms with Crippen LogP contribution in [0, 0.1) is 0 Å². The Labute approximate surface area is 114 Å². The number of amides is 1. The van der Waals surface area contributed by atoms with Gasteiger partial charge in [-0.1, -0.05) is 18.2 Å². The fraction of sp³-hybridized carbons (Fsp3) is 0.533. The standard InChI is InChI=1S/C15H23NO3/c1-11(16-15(18)9-8-12(2)17)10-13-6-4-5-7-14(13)19-3/h4-7,11-12,17H,8-10H2,1-3H3,(H,16,18). The highest BCUT2D eigenvalue weighted by Gasteiger charge is 2.11. The van der Waals surface area contributed by atoms with E-state index in [-0.39, 0.29) is 11.9 Å². The zero-order valence-electron chi connectivity index (χ0n) is 11.8. The summed E-state index contributed by atoms with van der Waals surface area (Å²) in [5.74, 6) is 0.816. The van der Waals surface area contributed by atoms with Crippen molar-refractivity contribution < 1.29 is 14.6 Å². The molecule has 0 bridgehead atoms. The summed E-state index contributed by atoms with van der Waals surface area (Å²) >= 11 is 0. The Morgan fingerprint density at radius 2 is 2.05 bits per heavy atom. The number of aliphatic hydroxyl groups excluding tert-OH is 1. The second kappa shape index (κ2) is 7.79. The molecule has 0 aromatic heterocycles. The Hall–Kier alpha value is -1.55. The van der Waals surface area contributed by atoms with Gasteiger partial charge in [0.15, 0.2) is 0 Å². The van der Waals surface area contributed by atoms with Crippen LogP contribution >= 0.6 is 0 Å². The van der Waals surface area contributed by atoms with Gasteiger partial charge in [-0.05, 0) is 38.3 Å². The molecule has 1 aromatic carbocycles. The van der Waals surface area contributed by atoms with Crippen LogP contribution in [-0.2, 0) is 11.2 Å². The average Bonchev–Trinajstić information content (AvgIpc) is 2.37. The van der Waals surface area contributed by atoms with Gasteiger partial charge in [-0.3, -0.25) is 4.79 Å². The van der Waals surface area contributed by atoms with E-state index < -0.39 is 6.10 Å². The fourth-order valence-corrected chi connectivity index (χ4v) is 1.94. The van der Waals surface area contributed by atoms with Gasteiger partial charge in [-0.2, -0.15) is 0 Å². The van der Waals surface area contributed by atoms with E-state index in [1.54, 1.807) is 14.0 Å². The molecule has 0 fully saturated rings. The van der Waals surface area contributed by atoms with Crippen molar-refractivity contribution in [2.45, 2.75) is 45.3 Å². The SMILES string of the molecule is COc1ccccc1CC(C)NC(=O)CCC(C)O. The van der Waals surface area contributed by atoms with Crippen molar-refractivity contribution in [3.05, 3.63) is 29.8 Å². The summed E-state index contributed by atoms with van der Waals surface area (Å²) in [6.45, 7) is 3.65. The Kier molecular flexibility index (Phi) is 6.36. The summed E-state index contributed by atoms with van der Waals surface area (Å²) in [6, 6.07) is 7.83. The summed E-state index contributed by atoms with van der Waals surface area (Å²) in [4.78, 5) is 11.6. The van der Waals surface area contributed by atoms with Crippen LogP contribution in [0.1, 0.15) is 32.3 Å². The molecule has 0 aliphatic heterocycles. The summed E-state index contributed by atoms with van der Waals surface area (Å²) < 4.78 is 5.28. The van der Waals surface area contributed by atoms with Crippen molar-refractivity contribution in [1.29, 1.82) is 0 Å². The number of para-hydroxylation sites is 1. The van der Waals surface area contributed by atoms with Crippen LogP contribution in [0.2, 0.25) is 0 Å². The van der Waals surface area contributed by atoms with Crippen molar-refractivity contribution in [2.24, 2.45) is 0 Å². The van der Waals surface area contributed by atoms with Gasteiger partial charge < -0.3 is 15.2 Å². The third-order valence-electron chi connectivity index (χ3n) is 2.92. The Balaban J connectivity index is 2.46. The number of carbonyl (C=O) groups is 1. The largest absolute Gasteiger partial charge is 0.496 e. The molecule has 106 valence electrons. The number of ether oxygens (including phenoxy) is 1. The van der Waals surface area contributed by atoms with Crippen LogP contribution < -0.4 is 10.1 Å². The number of methoxy groups -OCH3 is 1.